The van der Waals surface area contributed by atoms with Crippen LogP contribution in [0.5, 0.6) is 0 Å². The lowest BCUT2D eigenvalue weighted by Gasteiger charge is -1.96. The quantitative estimate of drug-likeness (QED) is 0.686. The van der Waals surface area contributed by atoms with Crippen LogP contribution in [0.15, 0.2) is 41.2 Å². The number of aromatic nitrogens is 2. The number of hydrogen-bond donors (Lipinski definition) is 2. The summed E-state index contributed by atoms with van der Waals surface area (Å²) in [7, 11) is 0. The molecule has 1 aromatic carbocycles. The van der Waals surface area contributed by atoms with Crippen molar-refractivity contribution in [3.8, 4) is 0 Å². The summed E-state index contributed by atoms with van der Waals surface area (Å²) in [5.41, 5.74) is 8.62. The van der Waals surface area contributed by atoms with Gasteiger partial charge in [0, 0.05) is 23.5 Å². The van der Waals surface area contributed by atoms with Crippen LogP contribution in [0.1, 0.15) is 11.3 Å². The zero-order chi connectivity index (χ0) is 11.0. The largest absolute Gasteiger partial charge is 0.395 e. The number of aromatic amines is 1. The number of H-pyrrole nitrogens is 1. The summed E-state index contributed by atoms with van der Waals surface area (Å²) in [6, 6.07) is 8.14. The molecule has 3 rings (SSSR count). The Morgan fingerprint density at radius 2 is 2.19 bits per heavy atom. The summed E-state index contributed by atoms with van der Waals surface area (Å²) >= 11 is 0. The molecule has 80 valence electrons. The van der Waals surface area contributed by atoms with Crippen LogP contribution in [0, 0.1) is 0 Å². The predicted molar refractivity (Wildman–Crippen MR) is 62.0 cm³/mol. The van der Waals surface area contributed by atoms with Gasteiger partial charge in [-0.15, -0.1) is 0 Å². The molecule has 0 fully saturated rings. The lowest BCUT2D eigenvalue weighted by molar-refractivity contribution is 0.390. The van der Waals surface area contributed by atoms with Crippen molar-refractivity contribution >= 4 is 16.6 Å². The number of nitrogens with two attached hydrogens (primary N) is 1. The molecule has 0 atom stereocenters. The van der Waals surface area contributed by atoms with E-state index >= 15 is 0 Å². The van der Waals surface area contributed by atoms with Crippen molar-refractivity contribution in [2.75, 3.05) is 5.73 Å². The fraction of sp³-hybridized carbons (Fsp3) is 0.0833. The average Bonchev–Trinajstić information content (AvgIpc) is 2.88. The van der Waals surface area contributed by atoms with Crippen molar-refractivity contribution in [2.45, 2.75) is 6.42 Å². The number of hydrogen-bond acceptors (Lipinski definition) is 3. The van der Waals surface area contributed by atoms with Crippen LogP contribution < -0.4 is 5.73 Å². The second-order valence-corrected chi connectivity index (χ2v) is 3.74. The first kappa shape index (κ1) is 9.03. The maximum Gasteiger partial charge on any atom is 0.164 e. The van der Waals surface area contributed by atoms with E-state index in [2.05, 4.69) is 16.2 Å². The normalized spacial score (nSPS) is 11.0. The van der Waals surface area contributed by atoms with Crippen LogP contribution in [0.4, 0.5) is 5.69 Å². The van der Waals surface area contributed by atoms with Crippen LogP contribution in [-0.4, -0.2) is 10.1 Å². The fourth-order valence-electron chi connectivity index (χ4n) is 1.86. The SMILES string of the molecule is Nc1cnoc1Cc1c[nH]c2ccccc12. The average molecular weight is 213 g/mol. The molecule has 0 aliphatic rings. The number of fused-ring (bicyclic) bond motifs is 1. The van der Waals surface area contributed by atoms with Crippen molar-refractivity contribution in [3.05, 3.63) is 48.0 Å². The van der Waals surface area contributed by atoms with E-state index < -0.39 is 0 Å². The Morgan fingerprint density at radius 1 is 1.31 bits per heavy atom. The summed E-state index contributed by atoms with van der Waals surface area (Å²) < 4.78 is 5.10. The van der Waals surface area contributed by atoms with Gasteiger partial charge in [0.05, 0.1) is 11.9 Å². The third kappa shape index (κ3) is 1.35. The van der Waals surface area contributed by atoms with E-state index in [1.54, 1.807) is 0 Å². The highest BCUT2D eigenvalue weighted by atomic mass is 16.5. The third-order valence-electron chi connectivity index (χ3n) is 2.70. The molecule has 2 heterocycles. The smallest absolute Gasteiger partial charge is 0.164 e. The molecule has 3 N–H and O–H groups in total. The van der Waals surface area contributed by atoms with E-state index in [0.29, 0.717) is 17.9 Å². The molecular formula is C12H11N3O. The molecule has 2 aromatic heterocycles. The van der Waals surface area contributed by atoms with Gasteiger partial charge < -0.3 is 15.2 Å². The number of nitrogen functional groups attached to an aromatic ring is 1. The van der Waals surface area contributed by atoms with Gasteiger partial charge in [0.2, 0.25) is 0 Å². The first-order valence-electron chi connectivity index (χ1n) is 5.08. The molecule has 0 unspecified atom stereocenters. The standard InChI is InChI=1S/C12H11N3O/c13-10-7-15-16-12(10)5-8-6-14-11-4-2-1-3-9(8)11/h1-4,6-7,14H,5,13H2. The molecule has 0 radical (unpaired) electrons. The first-order chi connectivity index (χ1) is 7.84. The Hall–Kier alpha value is -2.23. The van der Waals surface area contributed by atoms with Crippen molar-refractivity contribution < 1.29 is 4.52 Å². The van der Waals surface area contributed by atoms with Gasteiger partial charge in [0.15, 0.2) is 5.76 Å². The van der Waals surface area contributed by atoms with Crippen LogP contribution in [0.25, 0.3) is 10.9 Å². The molecule has 0 aliphatic carbocycles. The van der Waals surface area contributed by atoms with Crippen molar-refractivity contribution in [2.24, 2.45) is 0 Å². The maximum atomic E-state index is 5.73. The van der Waals surface area contributed by atoms with Crippen molar-refractivity contribution in [3.63, 3.8) is 0 Å². The Bertz CT molecular complexity index is 624. The van der Waals surface area contributed by atoms with Crippen molar-refractivity contribution in [1.29, 1.82) is 0 Å². The van der Waals surface area contributed by atoms with Gasteiger partial charge in [-0.2, -0.15) is 0 Å². The van der Waals surface area contributed by atoms with Crippen LogP contribution >= 0.6 is 0 Å². The van der Waals surface area contributed by atoms with Crippen LogP contribution in [0.2, 0.25) is 0 Å². The molecule has 0 aliphatic heterocycles. The number of anilines is 1. The summed E-state index contributed by atoms with van der Waals surface area (Å²) in [5, 5.41) is 4.86. The summed E-state index contributed by atoms with van der Waals surface area (Å²) in [6.07, 6.45) is 4.17. The van der Waals surface area contributed by atoms with E-state index in [1.807, 2.05) is 24.4 Å². The van der Waals surface area contributed by atoms with Gasteiger partial charge >= 0.3 is 0 Å². The summed E-state index contributed by atoms with van der Waals surface area (Å²) in [5.74, 6) is 0.713. The molecule has 4 heteroatoms. The molecule has 0 saturated heterocycles. The lowest BCUT2D eigenvalue weighted by atomic mass is 10.1. The van der Waals surface area contributed by atoms with Gasteiger partial charge in [-0.25, -0.2) is 0 Å². The van der Waals surface area contributed by atoms with E-state index in [9.17, 15) is 0 Å². The van der Waals surface area contributed by atoms with E-state index in [1.165, 1.54) is 17.1 Å². The zero-order valence-electron chi connectivity index (χ0n) is 8.60. The Kier molecular flexibility index (Phi) is 1.93. The monoisotopic (exact) mass is 213 g/mol. The van der Waals surface area contributed by atoms with Gasteiger partial charge in [-0.05, 0) is 11.6 Å². The molecule has 3 aromatic rings. The van der Waals surface area contributed by atoms with Crippen LogP contribution in [0.3, 0.4) is 0 Å². The Balaban J connectivity index is 2.04. The topological polar surface area (TPSA) is 67.8 Å². The van der Waals surface area contributed by atoms with Gasteiger partial charge in [-0.1, -0.05) is 23.4 Å². The number of nitrogens with one attached hydrogen (secondary N) is 1. The molecular weight excluding hydrogens is 202 g/mol. The fourth-order valence-corrected chi connectivity index (χ4v) is 1.86. The van der Waals surface area contributed by atoms with E-state index in [-0.39, 0.29) is 0 Å². The highest BCUT2D eigenvalue weighted by Gasteiger charge is 2.09. The molecule has 0 saturated carbocycles. The zero-order valence-corrected chi connectivity index (χ0v) is 8.60. The second kappa shape index (κ2) is 3.41. The molecule has 0 spiro atoms. The lowest BCUT2D eigenvalue weighted by Crippen LogP contribution is -1.90. The van der Waals surface area contributed by atoms with E-state index in [0.717, 1.165) is 5.52 Å². The first-order valence-corrected chi connectivity index (χ1v) is 5.08. The minimum Gasteiger partial charge on any atom is -0.395 e. The minimum atomic E-state index is 0.602. The Morgan fingerprint density at radius 3 is 3.00 bits per heavy atom. The van der Waals surface area contributed by atoms with Gasteiger partial charge in [-0.3, -0.25) is 0 Å². The summed E-state index contributed by atoms with van der Waals surface area (Å²) in [6.45, 7) is 0. The highest BCUT2D eigenvalue weighted by Crippen LogP contribution is 2.22. The maximum absolute atomic E-state index is 5.73. The Labute approximate surface area is 92.0 Å². The number of rotatable bonds is 2. The molecule has 16 heavy (non-hydrogen) atoms. The second-order valence-electron chi connectivity index (χ2n) is 3.74. The van der Waals surface area contributed by atoms with Gasteiger partial charge in [0.25, 0.3) is 0 Å². The number of nitrogens with zero attached hydrogens (tertiary/aromatic N) is 1. The molecule has 0 amide bonds. The minimum absolute atomic E-state index is 0.602. The number of para-hydroxylation sites is 1. The van der Waals surface area contributed by atoms with Gasteiger partial charge in [0.1, 0.15) is 0 Å². The van der Waals surface area contributed by atoms with Crippen molar-refractivity contribution in [1.82, 2.24) is 10.1 Å². The highest BCUT2D eigenvalue weighted by molar-refractivity contribution is 5.83. The van der Waals surface area contributed by atoms with E-state index in [4.69, 9.17) is 10.3 Å². The predicted octanol–water partition coefficient (Wildman–Crippen LogP) is 2.33. The summed E-state index contributed by atoms with van der Waals surface area (Å²) in [4.78, 5) is 3.22. The molecule has 0 bridgehead atoms. The third-order valence-corrected chi connectivity index (χ3v) is 2.70. The number of benzene rings is 1. The van der Waals surface area contributed by atoms with Crippen LogP contribution in [-0.2, 0) is 6.42 Å². The molecule has 4 nitrogen and oxygen atoms in total.